The molecule has 2 aliphatic rings. The van der Waals surface area contributed by atoms with Gasteiger partial charge in [0.15, 0.2) is 0 Å². The first kappa shape index (κ1) is 14.1. The number of carbonyl (C=O) groups excluding carboxylic acids is 2. The predicted octanol–water partition coefficient (Wildman–Crippen LogP) is 3.64. The second kappa shape index (κ2) is 4.86. The molecular weight excluding hydrogens is 323 g/mol. The number of nitrogens with zero attached hydrogens (tertiary/aromatic N) is 2. The van der Waals surface area contributed by atoms with Crippen molar-refractivity contribution in [3.8, 4) is 0 Å². The number of amides is 2. The van der Waals surface area contributed by atoms with Gasteiger partial charge in [-0.2, -0.15) is 0 Å². The summed E-state index contributed by atoms with van der Waals surface area (Å²) in [6.45, 7) is 1.65. The first-order chi connectivity index (χ1) is 9.43. The molecule has 1 saturated heterocycles. The van der Waals surface area contributed by atoms with E-state index in [-0.39, 0.29) is 44.5 Å². The van der Waals surface area contributed by atoms with Crippen LogP contribution in [0.3, 0.4) is 0 Å². The molecule has 2 unspecified atom stereocenters. The highest BCUT2D eigenvalue weighted by molar-refractivity contribution is 6.47. The molecule has 0 radical (unpaired) electrons. The van der Waals surface area contributed by atoms with Crippen LogP contribution in [0.5, 0.6) is 0 Å². The molecule has 7 heteroatoms. The number of pyridine rings is 1. The number of imide groups is 1. The van der Waals surface area contributed by atoms with Gasteiger partial charge in [0.05, 0.1) is 28.2 Å². The van der Waals surface area contributed by atoms with Crippen LogP contribution in [0, 0.1) is 18.8 Å². The summed E-state index contributed by atoms with van der Waals surface area (Å²) >= 11 is 18.2. The molecule has 1 aromatic heterocycles. The van der Waals surface area contributed by atoms with Gasteiger partial charge < -0.3 is 0 Å². The maximum absolute atomic E-state index is 12.4. The monoisotopic (exact) mass is 332 g/mol. The number of carbonyl (C=O) groups is 2. The maximum Gasteiger partial charge on any atom is 0.237 e. The number of aryl methyl sites for hydroxylation is 1. The third kappa shape index (κ3) is 1.85. The topological polar surface area (TPSA) is 50.3 Å². The Balaban J connectivity index is 2.15. The molecule has 0 N–H and O–H groups in total. The largest absolute Gasteiger partial charge is 0.274 e. The van der Waals surface area contributed by atoms with E-state index in [1.54, 1.807) is 6.92 Å². The summed E-state index contributed by atoms with van der Waals surface area (Å²) in [5, 5.41) is 0.284. The summed E-state index contributed by atoms with van der Waals surface area (Å²) in [4.78, 5) is 30.0. The number of aromatic nitrogens is 1. The molecule has 1 aromatic rings. The lowest BCUT2D eigenvalue weighted by molar-refractivity contribution is -0.122. The van der Waals surface area contributed by atoms with E-state index in [1.807, 2.05) is 0 Å². The van der Waals surface area contributed by atoms with Crippen molar-refractivity contribution >= 4 is 52.3 Å². The van der Waals surface area contributed by atoms with Crippen molar-refractivity contribution in [1.82, 2.24) is 4.98 Å². The first-order valence-corrected chi connectivity index (χ1v) is 7.45. The van der Waals surface area contributed by atoms with Gasteiger partial charge in [-0.15, -0.1) is 0 Å². The molecule has 2 fully saturated rings. The third-order valence-corrected chi connectivity index (χ3v) is 5.18. The molecule has 0 spiro atoms. The van der Waals surface area contributed by atoms with Gasteiger partial charge in [0.1, 0.15) is 10.2 Å². The van der Waals surface area contributed by atoms with Crippen LogP contribution in [0.25, 0.3) is 0 Å². The molecule has 1 saturated carbocycles. The van der Waals surface area contributed by atoms with E-state index in [4.69, 9.17) is 34.8 Å². The Bertz CT molecular complexity index is 584. The van der Waals surface area contributed by atoms with E-state index in [1.165, 1.54) is 0 Å². The molecule has 1 aliphatic heterocycles. The smallest absolute Gasteiger partial charge is 0.237 e. The van der Waals surface area contributed by atoms with Crippen molar-refractivity contribution in [2.24, 2.45) is 11.8 Å². The van der Waals surface area contributed by atoms with Gasteiger partial charge in [-0.25, -0.2) is 9.88 Å². The van der Waals surface area contributed by atoms with Gasteiger partial charge in [0, 0.05) is 0 Å². The second-order valence-corrected chi connectivity index (χ2v) is 6.23. The lowest BCUT2D eigenvalue weighted by Gasteiger charge is -2.20. The summed E-state index contributed by atoms with van der Waals surface area (Å²) in [7, 11) is 0. The highest BCUT2D eigenvalue weighted by Gasteiger charge is 2.51. The quantitative estimate of drug-likeness (QED) is 0.582. The number of halogens is 3. The Labute approximate surface area is 131 Å². The zero-order valence-electron chi connectivity index (χ0n) is 10.6. The third-order valence-electron chi connectivity index (χ3n) is 4.00. The van der Waals surface area contributed by atoms with Crippen molar-refractivity contribution in [1.29, 1.82) is 0 Å². The lowest BCUT2D eigenvalue weighted by Crippen LogP contribution is -2.32. The van der Waals surface area contributed by atoms with Gasteiger partial charge in [-0.3, -0.25) is 9.59 Å². The molecule has 0 aromatic carbocycles. The Morgan fingerprint density at radius 1 is 1.05 bits per heavy atom. The average molecular weight is 334 g/mol. The van der Waals surface area contributed by atoms with Crippen molar-refractivity contribution < 1.29 is 9.59 Å². The van der Waals surface area contributed by atoms with Crippen LogP contribution in [0.1, 0.15) is 25.0 Å². The zero-order chi connectivity index (χ0) is 14.6. The molecule has 1 aliphatic carbocycles. The Morgan fingerprint density at radius 2 is 1.60 bits per heavy atom. The number of hydrogen-bond donors (Lipinski definition) is 0. The number of anilines is 1. The molecule has 2 amide bonds. The van der Waals surface area contributed by atoms with Crippen LogP contribution in [0.4, 0.5) is 5.69 Å². The van der Waals surface area contributed by atoms with Crippen LogP contribution in [0.15, 0.2) is 0 Å². The molecule has 106 valence electrons. The van der Waals surface area contributed by atoms with Crippen LogP contribution >= 0.6 is 34.8 Å². The van der Waals surface area contributed by atoms with Crippen molar-refractivity contribution in [3.63, 3.8) is 0 Å². The summed E-state index contributed by atoms with van der Waals surface area (Å²) in [5.41, 5.74) is 0.615. The summed E-state index contributed by atoms with van der Waals surface area (Å²) in [6.07, 6.45) is 2.37. The zero-order valence-corrected chi connectivity index (χ0v) is 12.9. The maximum atomic E-state index is 12.4. The predicted molar refractivity (Wildman–Crippen MR) is 77.3 cm³/mol. The van der Waals surface area contributed by atoms with Gasteiger partial charge in [0.2, 0.25) is 11.8 Å². The summed E-state index contributed by atoms with van der Waals surface area (Å²) in [6, 6.07) is 0. The number of rotatable bonds is 1. The van der Waals surface area contributed by atoms with Crippen molar-refractivity contribution in [3.05, 3.63) is 20.9 Å². The SMILES string of the molecule is Cc1nc(Cl)c(Cl)c(N2C(=O)C3CCCC3C2=O)c1Cl. The van der Waals surface area contributed by atoms with E-state index < -0.39 is 0 Å². The molecular formula is C13H11Cl3N2O2. The minimum absolute atomic E-state index is 0.0428. The minimum atomic E-state index is -0.248. The fourth-order valence-corrected chi connectivity index (χ4v) is 3.73. The highest BCUT2D eigenvalue weighted by Crippen LogP contribution is 2.47. The van der Waals surface area contributed by atoms with E-state index in [0.717, 1.165) is 24.2 Å². The minimum Gasteiger partial charge on any atom is -0.274 e. The molecule has 2 atom stereocenters. The van der Waals surface area contributed by atoms with Gasteiger partial charge in [-0.05, 0) is 19.8 Å². The average Bonchev–Trinajstić information content (AvgIpc) is 2.96. The van der Waals surface area contributed by atoms with Gasteiger partial charge in [0.25, 0.3) is 0 Å². The molecule has 2 heterocycles. The van der Waals surface area contributed by atoms with E-state index in [9.17, 15) is 9.59 Å². The lowest BCUT2D eigenvalue weighted by atomic mass is 10.00. The van der Waals surface area contributed by atoms with Gasteiger partial charge >= 0.3 is 0 Å². The Hall–Kier alpha value is -0.840. The number of fused-ring (bicyclic) bond motifs is 1. The first-order valence-electron chi connectivity index (χ1n) is 6.32. The van der Waals surface area contributed by atoms with Crippen LogP contribution < -0.4 is 4.90 Å². The van der Waals surface area contributed by atoms with E-state index in [0.29, 0.717) is 5.69 Å². The Kier molecular flexibility index (Phi) is 3.43. The standard InChI is InChI=1S/C13H11Cl3N2O2/c1-5-8(14)10(9(15)11(16)17-5)18-12(19)6-3-2-4-7(6)13(18)20/h6-7H,2-4H2,1H3. The van der Waals surface area contributed by atoms with E-state index in [2.05, 4.69) is 4.98 Å². The summed E-state index contributed by atoms with van der Waals surface area (Å²) in [5.74, 6) is -0.963. The molecule has 3 rings (SSSR count). The van der Waals surface area contributed by atoms with Crippen LogP contribution in [-0.2, 0) is 9.59 Å². The number of hydrogen-bond acceptors (Lipinski definition) is 3. The van der Waals surface area contributed by atoms with Crippen LogP contribution in [0.2, 0.25) is 15.2 Å². The molecule has 0 bridgehead atoms. The normalized spacial score (nSPS) is 25.5. The highest BCUT2D eigenvalue weighted by atomic mass is 35.5. The van der Waals surface area contributed by atoms with Crippen molar-refractivity contribution in [2.75, 3.05) is 4.90 Å². The van der Waals surface area contributed by atoms with Crippen molar-refractivity contribution in [2.45, 2.75) is 26.2 Å². The Morgan fingerprint density at radius 3 is 2.15 bits per heavy atom. The summed E-state index contributed by atoms with van der Waals surface area (Å²) < 4.78 is 0. The fraction of sp³-hybridized carbons (Fsp3) is 0.462. The fourth-order valence-electron chi connectivity index (χ4n) is 3.02. The molecule has 4 nitrogen and oxygen atoms in total. The van der Waals surface area contributed by atoms with E-state index >= 15 is 0 Å². The second-order valence-electron chi connectivity index (χ2n) is 5.12. The van der Waals surface area contributed by atoms with Gasteiger partial charge in [-0.1, -0.05) is 41.2 Å². The molecule has 20 heavy (non-hydrogen) atoms. The van der Waals surface area contributed by atoms with Crippen LogP contribution in [-0.4, -0.2) is 16.8 Å².